The summed E-state index contributed by atoms with van der Waals surface area (Å²) in [6, 6.07) is 7.99. The molecule has 2 rings (SSSR count). The Bertz CT molecular complexity index is 557. The first-order chi connectivity index (χ1) is 13.2. The Balaban J connectivity index is 0.00000392. The lowest BCUT2D eigenvalue weighted by atomic mass is 10.2. The van der Waals surface area contributed by atoms with Gasteiger partial charge in [-0.25, -0.2) is 4.99 Å². The molecule has 1 aromatic rings. The molecule has 0 radical (unpaired) electrons. The van der Waals surface area contributed by atoms with E-state index in [2.05, 4.69) is 22.6 Å². The van der Waals surface area contributed by atoms with Crippen molar-refractivity contribution in [2.24, 2.45) is 4.99 Å². The van der Waals surface area contributed by atoms with Crippen LogP contribution in [0.1, 0.15) is 18.9 Å². The molecule has 0 spiro atoms. The zero-order valence-corrected chi connectivity index (χ0v) is 19.6. The Morgan fingerprint density at radius 2 is 2.07 bits per heavy atom. The fourth-order valence-electron chi connectivity index (χ4n) is 2.80. The standard InChI is InChI=1S/C20H34N4O3.HI/c1-4-26-12-5-10-21-20(23-15-19-16-24(2)11-13-27-19)22-14-17-6-8-18(25-3)9-7-17;/h6-9,19H,4-5,10-16H2,1-3H3,(H2,21,22,23);1H. The Morgan fingerprint density at radius 1 is 1.29 bits per heavy atom. The molecule has 0 amide bonds. The predicted octanol–water partition coefficient (Wildman–Crippen LogP) is 2.11. The minimum atomic E-state index is 0. The lowest BCUT2D eigenvalue weighted by Crippen LogP contribution is -2.48. The molecule has 8 heteroatoms. The van der Waals surface area contributed by atoms with E-state index in [0.717, 1.165) is 69.7 Å². The van der Waals surface area contributed by atoms with Crippen molar-refractivity contribution in [2.45, 2.75) is 26.0 Å². The molecular formula is C20H35IN4O3. The number of guanidine groups is 1. The third-order valence-corrected chi connectivity index (χ3v) is 4.38. The molecule has 28 heavy (non-hydrogen) atoms. The van der Waals surface area contributed by atoms with Gasteiger partial charge in [-0.3, -0.25) is 0 Å². The molecule has 1 fully saturated rings. The number of morpholine rings is 1. The maximum atomic E-state index is 5.82. The number of halogens is 1. The number of benzene rings is 1. The van der Waals surface area contributed by atoms with Gasteiger partial charge in [-0.15, -0.1) is 24.0 Å². The molecular weight excluding hydrogens is 471 g/mol. The Labute approximate surface area is 186 Å². The first-order valence-corrected chi connectivity index (χ1v) is 9.74. The van der Waals surface area contributed by atoms with Gasteiger partial charge in [-0.2, -0.15) is 0 Å². The number of rotatable bonds is 10. The van der Waals surface area contributed by atoms with Gasteiger partial charge in [0, 0.05) is 39.4 Å². The normalized spacial score (nSPS) is 17.7. The van der Waals surface area contributed by atoms with Crippen LogP contribution in [0.15, 0.2) is 29.3 Å². The summed E-state index contributed by atoms with van der Waals surface area (Å²) >= 11 is 0. The minimum absolute atomic E-state index is 0. The molecule has 0 saturated carbocycles. The van der Waals surface area contributed by atoms with E-state index >= 15 is 0 Å². The Hall–Kier alpha value is -1.10. The van der Waals surface area contributed by atoms with Gasteiger partial charge in [0.15, 0.2) is 5.96 Å². The quantitative estimate of drug-likeness (QED) is 0.219. The van der Waals surface area contributed by atoms with Crippen molar-refractivity contribution in [3.05, 3.63) is 29.8 Å². The summed E-state index contributed by atoms with van der Waals surface area (Å²) in [6.45, 7) is 8.39. The molecule has 0 aromatic heterocycles. The molecule has 2 N–H and O–H groups in total. The van der Waals surface area contributed by atoms with E-state index in [0.29, 0.717) is 6.54 Å². The number of aliphatic imine (C=N–C) groups is 1. The van der Waals surface area contributed by atoms with Crippen molar-refractivity contribution in [2.75, 3.05) is 60.2 Å². The largest absolute Gasteiger partial charge is 0.497 e. The zero-order valence-electron chi connectivity index (χ0n) is 17.3. The third kappa shape index (κ3) is 9.90. The van der Waals surface area contributed by atoms with Crippen molar-refractivity contribution in [1.29, 1.82) is 0 Å². The number of nitrogens with one attached hydrogen (secondary N) is 2. The lowest BCUT2D eigenvalue weighted by Gasteiger charge is -2.30. The van der Waals surface area contributed by atoms with Crippen LogP contribution in [0.25, 0.3) is 0 Å². The van der Waals surface area contributed by atoms with Crippen molar-refractivity contribution in [3.63, 3.8) is 0 Å². The van der Waals surface area contributed by atoms with Gasteiger partial charge in [-0.05, 0) is 38.1 Å². The first-order valence-electron chi connectivity index (χ1n) is 9.74. The molecule has 0 bridgehead atoms. The zero-order chi connectivity index (χ0) is 19.3. The van der Waals surface area contributed by atoms with Crippen molar-refractivity contribution in [1.82, 2.24) is 15.5 Å². The molecule has 0 aliphatic carbocycles. The smallest absolute Gasteiger partial charge is 0.191 e. The summed E-state index contributed by atoms with van der Waals surface area (Å²) in [7, 11) is 3.80. The average molecular weight is 506 g/mol. The van der Waals surface area contributed by atoms with Crippen LogP contribution < -0.4 is 15.4 Å². The van der Waals surface area contributed by atoms with Crippen molar-refractivity contribution >= 4 is 29.9 Å². The van der Waals surface area contributed by atoms with Crippen LogP contribution in [0.5, 0.6) is 5.75 Å². The fourth-order valence-corrected chi connectivity index (χ4v) is 2.80. The lowest BCUT2D eigenvalue weighted by molar-refractivity contribution is -0.0161. The van der Waals surface area contributed by atoms with E-state index < -0.39 is 0 Å². The summed E-state index contributed by atoms with van der Waals surface area (Å²) in [5.74, 6) is 1.66. The van der Waals surface area contributed by atoms with E-state index in [1.54, 1.807) is 7.11 Å². The topological polar surface area (TPSA) is 67.3 Å². The third-order valence-electron chi connectivity index (χ3n) is 4.38. The number of hydrogen-bond donors (Lipinski definition) is 2. The number of methoxy groups -OCH3 is 1. The van der Waals surface area contributed by atoms with Gasteiger partial charge in [0.2, 0.25) is 0 Å². The van der Waals surface area contributed by atoms with Crippen LogP contribution in [-0.2, 0) is 16.0 Å². The maximum absolute atomic E-state index is 5.82. The molecule has 7 nitrogen and oxygen atoms in total. The van der Waals surface area contributed by atoms with Crippen LogP contribution >= 0.6 is 24.0 Å². The highest BCUT2D eigenvalue weighted by Gasteiger charge is 2.17. The Morgan fingerprint density at radius 3 is 2.75 bits per heavy atom. The van der Waals surface area contributed by atoms with Crippen LogP contribution in [0.4, 0.5) is 0 Å². The van der Waals surface area contributed by atoms with Crippen molar-refractivity contribution < 1.29 is 14.2 Å². The summed E-state index contributed by atoms with van der Waals surface area (Å²) in [5, 5.41) is 6.80. The molecule has 1 aromatic carbocycles. The van der Waals surface area contributed by atoms with Gasteiger partial charge >= 0.3 is 0 Å². The van der Waals surface area contributed by atoms with E-state index in [-0.39, 0.29) is 30.1 Å². The molecule has 1 unspecified atom stereocenters. The van der Waals surface area contributed by atoms with E-state index in [1.165, 1.54) is 0 Å². The number of hydrogen-bond acceptors (Lipinski definition) is 5. The van der Waals surface area contributed by atoms with E-state index in [1.807, 2.05) is 31.2 Å². The summed E-state index contributed by atoms with van der Waals surface area (Å²) in [6.07, 6.45) is 1.12. The minimum Gasteiger partial charge on any atom is -0.497 e. The number of nitrogens with zero attached hydrogens (tertiary/aromatic N) is 2. The SMILES string of the molecule is CCOCCCNC(=NCc1ccc(OC)cc1)NCC1CN(C)CCO1.I. The van der Waals surface area contributed by atoms with Crippen molar-refractivity contribution in [3.8, 4) is 5.75 Å². The second-order valence-corrected chi connectivity index (χ2v) is 6.63. The summed E-state index contributed by atoms with van der Waals surface area (Å²) < 4.78 is 16.4. The van der Waals surface area contributed by atoms with Crippen LogP contribution in [-0.4, -0.2) is 77.1 Å². The molecule has 1 atom stereocenters. The molecule has 1 aliphatic heterocycles. The fraction of sp³-hybridized carbons (Fsp3) is 0.650. The van der Waals surface area contributed by atoms with Gasteiger partial charge < -0.3 is 29.7 Å². The molecule has 1 aliphatic rings. The average Bonchev–Trinajstić information content (AvgIpc) is 2.69. The van der Waals surface area contributed by atoms with Gasteiger partial charge in [-0.1, -0.05) is 12.1 Å². The highest BCUT2D eigenvalue weighted by Crippen LogP contribution is 2.11. The van der Waals surface area contributed by atoms with Crippen LogP contribution in [0.3, 0.4) is 0 Å². The Kier molecular flexibility index (Phi) is 13.2. The molecule has 1 saturated heterocycles. The van der Waals surface area contributed by atoms with Crippen LogP contribution in [0, 0.1) is 0 Å². The van der Waals surface area contributed by atoms with E-state index in [9.17, 15) is 0 Å². The maximum Gasteiger partial charge on any atom is 0.191 e. The van der Waals surface area contributed by atoms with E-state index in [4.69, 9.17) is 19.2 Å². The van der Waals surface area contributed by atoms with Gasteiger partial charge in [0.25, 0.3) is 0 Å². The number of ether oxygens (including phenoxy) is 3. The summed E-state index contributed by atoms with van der Waals surface area (Å²) in [5.41, 5.74) is 1.14. The first kappa shape index (κ1) is 24.9. The highest BCUT2D eigenvalue weighted by molar-refractivity contribution is 14.0. The molecule has 1 heterocycles. The van der Waals surface area contributed by atoms with Gasteiger partial charge in [0.1, 0.15) is 5.75 Å². The highest BCUT2D eigenvalue weighted by atomic mass is 127. The summed E-state index contributed by atoms with van der Waals surface area (Å²) in [4.78, 5) is 7.01. The predicted molar refractivity (Wildman–Crippen MR) is 124 cm³/mol. The van der Waals surface area contributed by atoms with Crippen LogP contribution in [0.2, 0.25) is 0 Å². The number of likely N-dealkylation sites (N-methyl/N-ethyl adjacent to an activating group) is 1. The monoisotopic (exact) mass is 506 g/mol. The molecule has 160 valence electrons. The second kappa shape index (κ2) is 14.8. The van der Waals surface area contributed by atoms with Gasteiger partial charge in [0.05, 0.1) is 26.4 Å². The second-order valence-electron chi connectivity index (χ2n) is 6.63.